The van der Waals surface area contributed by atoms with Gasteiger partial charge in [0.25, 0.3) is 5.91 Å². The Morgan fingerprint density at radius 1 is 1.39 bits per heavy atom. The molecule has 0 saturated heterocycles. The molecule has 0 unspecified atom stereocenters. The lowest BCUT2D eigenvalue weighted by atomic mass is 10.3. The normalized spacial score (nSPS) is 9.83. The molecule has 0 fully saturated rings. The highest BCUT2D eigenvalue weighted by molar-refractivity contribution is 5.90. The second kappa shape index (κ2) is 7.21. The summed E-state index contributed by atoms with van der Waals surface area (Å²) in [5.41, 5.74) is 5.15. The summed E-state index contributed by atoms with van der Waals surface area (Å²) in [6.07, 6.45) is 0.992. The number of primary amides is 1. The van der Waals surface area contributed by atoms with Gasteiger partial charge >= 0.3 is 5.97 Å². The maximum atomic E-state index is 11.0. The van der Waals surface area contributed by atoms with E-state index in [4.69, 9.17) is 10.5 Å². The summed E-state index contributed by atoms with van der Waals surface area (Å²) in [5.74, 6) is -0.297. The third-order valence-electron chi connectivity index (χ3n) is 2.09. The molecule has 0 spiro atoms. The number of nitrogens with zero attached hydrogens (tertiary/aromatic N) is 2. The number of esters is 1. The zero-order valence-corrected chi connectivity index (χ0v) is 10.2. The molecule has 0 aliphatic rings. The van der Waals surface area contributed by atoms with E-state index in [0.29, 0.717) is 31.8 Å². The highest BCUT2D eigenvalue weighted by atomic mass is 16.5. The fraction of sp³-hybridized carbons (Fsp3) is 0.455. The lowest BCUT2D eigenvalue weighted by Crippen LogP contribution is -2.14. The van der Waals surface area contributed by atoms with Crippen LogP contribution in [0.3, 0.4) is 0 Å². The van der Waals surface area contributed by atoms with Crippen LogP contribution >= 0.6 is 0 Å². The molecule has 7 heteroatoms. The molecule has 3 N–H and O–H groups in total. The van der Waals surface area contributed by atoms with Crippen LogP contribution in [-0.2, 0) is 9.53 Å². The minimum atomic E-state index is -0.614. The fourth-order valence-electron chi connectivity index (χ4n) is 1.24. The van der Waals surface area contributed by atoms with E-state index in [-0.39, 0.29) is 11.7 Å². The van der Waals surface area contributed by atoms with Gasteiger partial charge < -0.3 is 15.8 Å². The zero-order chi connectivity index (χ0) is 13.4. The molecular formula is C11H16N4O3. The molecule has 18 heavy (non-hydrogen) atoms. The van der Waals surface area contributed by atoms with E-state index in [9.17, 15) is 9.59 Å². The number of nitrogens with two attached hydrogens (primary N) is 1. The van der Waals surface area contributed by atoms with Crippen LogP contribution < -0.4 is 11.1 Å². The maximum Gasteiger partial charge on any atom is 0.305 e. The maximum absolute atomic E-state index is 11.0. The Kier molecular flexibility index (Phi) is 5.56. The smallest absolute Gasteiger partial charge is 0.305 e. The molecule has 1 aromatic heterocycles. The molecule has 0 radical (unpaired) electrons. The summed E-state index contributed by atoms with van der Waals surface area (Å²) >= 11 is 0. The van der Waals surface area contributed by atoms with E-state index < -0.39 is 5.91 Å². The molecule has 1 heterocycles. The predicted molar refractivity (Wildman–Crippen MR) is 64.9 cm³/mol. The molecule has 1 amide bonds. The Labute approximate surface area is 105 Å². The number of carbonyl (C=O) groups excluding carboxylic acids is 2. The van der Waals surface area contributed by atoms with Crippen LogP contribution in [0, 0.1) is 0 Å². The fourth-order valence-corrected chi connectivity index (χ4v) is 1.24. The van der Waals surface area contributed by atoms with Gasteiger partial charge in [0.05, 0.1) is 6.61 Å². The summed E-state index contributed by atoms with van der Waals surface area (Å²) in [7, 11) is 0. The average Bonchev–Trinajstić information content (AvgIpc) is 2.35. The summed E-state index contributed by atoms with van der Waals surface area (Å²) in [6.45, 7) is 2.74. The second-order valence-electron chi connectivity index (χ2n) is 3.50. The third kappa shape index (κ3) is 4.77. The average molecular weight is 252 g/mol. The molecule has 1 rings (SSSR count). The Morgan fingerprint density at radius 2 is 2.17 bits per heavy atom. The van der Waals surface area contributed by atoms with Crippen LogP contribution in [0.4, 0.5) is 5.82 Å². The van der Waals surface area contributed by atoms with Gasteiger partial charge in [0, 0.05) is 13.0 Å². The van der Waals surface area contributed by atoms with Gasteiger partial charge in [0.15, 0.2) is 5.69 Å². The van der Waals surface area contributed by atoms with Crippen LogP contribution in [0.1, 0.15) is 30.3 Å². The van der Waals surface area contributed by atoms with Crippen molar-refractivity contribution in [1.82, 2.24) is 10.2 Å². The second-order valence-corrected chi connectivity index (χ2v) is 3.50. The number of rotatable bonds is 7. The highest BCUT2D eigenvalue weighted by Gasteiger charge is 2.03. The summed E-state index contributed by atoms with van der Waals surface area (Å²) < 4.78 is 4.79. The highest BCUT2D eigenvalue weighted by Crippen LogP contribution is 2.02. The van der Waals surface area contributed by atoms with Crippen molar-refractivity contribution >= 4 is 17.7 Å². The number of amides is 1. The van der Waals surface area contributed by atoms with Gasteiger partial charge in [-0.25, -0.2) is 0 Å². The van der Waals surface area contributed by atoms with E-state index in [1.54, 1.807) is 13.0 Å². The molecule has 1 aromatic rings. The van der Waals surface area contributed by atoms with Crippen molar-refractivity contribution in [2.45, 2.75) is 19.8 Å². The molecular weight excluding hydrogens is 236 g/mol. The summed E-state index contributed by atoms with van der Waals surface area (Å²) in [6, 6.07) is 3.10. The Morgan fingerprint density at radius 3 is 2.72 bits per heavy atom. The Balaban J connectivity index is 2.27. The van der Waals surface area contributed by atoms with Crippen molar-refractivity contribution in [3.63, 3.8) is 0 Å². The molecule has 0 bridgehead atoms. The third-order valence-corrected chi connectivity index (χ3v) is 2.09. The predicted octanol–water partition coefficient (Wildman–Crippen LogP) is 0.331. The monoisotopic (exact) mass is 252 g/mol. The van der Waals surface area contributed by atoms with Gasteiger partial charge in [-0.1, -0.05) is 0 Å². The summed E-state index contributed by atoms with van der Waals surface area (Å²) in [4.78, 5) is 21.8. The Bertz CT molecular complexity index is 405. The first-order chi connectivity index (χ1) is 8.63. The minimum absolute atomic E-state index is 0.118. The number of aromatic nitrogens is 2. The molecule has 0 aliphatic carbocycles. The van der Waals surface area contributed by atoms with E-state index in [2.05, 4.69) is 15.5 Å². The zero-order valence-electron chi connectivity index (χ0n) is 10.2. The van der Waals surface area contributed by atoms with Crippen molar-refractivity contribution in [2.24, 2.45) is 5.73 Å². The van der Waals surface area contributed by atoms with Gasteiger partial charge in [-0.2, -0.15) is 0 Å². The molecule has 0 saturated carbocycles. The topological polar surface area (TPSA) is 107 Å². The first-order valence-corrected chi connectivity index (χ1v) is 5.66. The van der Waals surface area contributed by atoms with Crippen LogP contribution in [0.15, 0.2) is 12.1 Å². The van der Waals surface area contributed by atoms with Gasteiger partial charge in [-0.15, -0.1) is 10.2 Å². The van der Waals surface area contributed by atoms with Crippen molar-refractivity contribution in [3.8, 4) is 0 Å². The first-order valence-electron chi connectivity index (χ1n) is 5.66. The summed E-state index contributed by atoms with van der Waals surface area (Å²) in [5, 5.41) is 10.4. The van der Waals surface area contributed by atoms with Crippen LogP contribution in [0.25, 0.3) is 0 Å². The van der Waals surface area contributed by atoms with Crippen molar-refractivity contribution in [3.05, 3.63) is 17.8 Å². The van der Waals surface area contributed by atoms with E-state index in [1.807, 2.05) is 0 Å². The van der Waals surface area contributed by atoms with Crippen molar-refractivity contribution < 1.29 is 14.3 Å². The van der Waals surface area contributed by atoms with E-state index in [1.165, 1.54) is 6.07 Å². The lowest BCUT2D eigenvalue weighted by Gasteiger charge is -2.04. The number of ether oxygens (including phenoxy) is 1. The molecule has 0 aliphatic heterocycles. The SMILES string of the molecule is CCOC(=O)CCCNc1ccc(C(N)=O)nn1. The van der Waals surface area contributed by atoms with Gasteiger partial charge in [0.1, 0.15) is 5.82 Å². The Hall–Kier alpha value is -2.18. The van der Waals surface area contributed by atoms with Gasteiger partial charge in [-0.3, -0.25) is 9.59 Å². The number of hydrogen-bond donors (Lipinski definition) is 2. The molecule has 0 atom stereocenters. The first kappa shape index (κ1) is 13.9. The van der Waals surface area contributed by atoms with Gasteiger partial charge in [-0.05, 0) is 25.5 Å². The quantitative estimate of drug-likeness (QED) is 0.535. The van der Waals surface area contributed by atoms with E-state index in [0.717, 1.165) is 0 Å². The largest absolute Gasteiger partial charge is 0.466 e. The van der Waals surface area contributed by atoms with E-state index >= 15 is 0 Å². The van der Waals surface area contributed by atoms with Crippen LogP contribution in [0.5, 0.6) is 0 Å². The van der Waals surface area contributed by atoms with Crippen molar-refractivity contribution in [1.29, 1.82) is 0 Å². The molecule has 98 valence electrons. The van der Waals surface area contributed by atoms with Crippen LogP contribution in [0.2, 0.25) is 0 Å². The van der Waals surface area contributed by atoms with Crippen molar-refractivity contribution in [2.75, 3.05) is 18.5 Å². The standard InChI is InChI=1S/C11H16N4O3/c1-2-18-10(16)4-3-7-13-9-6-5-8(11(12)17)14-15-9/h5-6H,2-4,7H2,1H3,(H2,12,17)(H,13,15). The molecule has 7 nitrogen and oxygen atoms in total. The van der Waals surface area contributed by atoms with Gasteiger partial charge in [0.2, 0.25) is 0 Å². The number of nitrogens with one attached hydrogen (secondary N) is 1. The van der Waals surface area contributed by atoms with Crippen LogP contribution in [-0.4, -0.2) is 35.2 Å². The lowest BCUT2D eigenvalue weighted by molar-refractivity contribution is -0.143. The minimum Gasteiger partial charge on any atom is -0.466 e. The molecule has 0 aromatic carbocycles. The number of carbonyl (C=O) groups is 2. The number of anilines is 1. The number of hydrogen-bond acceptors (Lipinski definition) is 6.